The topological polar surface area (TPSA) is 26.7 Å². The number of nitrogens with zero attached hydrogens (tertiary/aromatic N) is 2. The molecule has 0 amide bonds. The number of anilines is 2. The van der Waals surface area contributed by atoms with Gasteiger partial charge in [-0.15, -0.1) is 0 Å². The van der Waals surface area contributed by atoms with Crippen LogP contribution in [-0.2, 0) is 0 Å². The highest BCUT2D eigenvalue weighted by atomic mass is 16.3. The predicted molar refractivity (Wildman–Crippen MR) is 97.4 cm³/mol. The van der Waals surface area contributed by atoms with Gasteiger partial charge in [0.15, 0.2) is 0 Å². The van der Waals surface area contributed by atoms with Gasteiger partial charge in [0.25, 0.3) is 0 Å². The average Bonchev–Trinajstić information content (AvgIpc) is 3.08. The lowest BCUT2D eigenvalue weighted by molar-refractivity contribution is 0.475. The van der Waals surface area contributed by atoms with Gasteiger partial charge < -0.3 is 14.9 Å². The maximum Gasteiger partial charge on any atom is 0.129 e. The lowest BCUT2D eigenvalue weighted by Gasteiger charge is -2.39. The molecule has 1 saturated heterocycles. The van der Waals surface area contributed by atoms with Gasteiger partial charge in [-0.05, 0) is 35.9 Å². The monoisotopic (exact) mass is 314 g/mol. The Balaban J connectivity index is 1.68. The summed E-state index contributed by atoms with van der Waals surface area (Å²) in [4.78, 5) is 4.92. The van der Waals surface area contributed by atoms with Crippen molar-refractivity contribution in [2.75, 3.05) is 22.9 Å². The molecule has 0 radical (unpaired) electrons. The fraction of sp³-hybridized carbons (Fsp3) is 0.143. The molecule has 1 N–H and O–H groups in total. The van der Waals surface area contributed by atoms with E-state index < -0.39 is 0 Å². The summed E-state index contributed by atoms with van der Waals surface area (Å²) in [6.07, 6.45) is 0.209. The van der Waals surface area contributed by atoms with Gasteiger partial charge in [-0.1, -0.05) is 42.5 Å². The standard InChI is InChI=1S/C21H18N2O/c24-16-11-9-15(10-12-16)22-13-14-23-20-8-4-3-6-18(20)17-5-1-2-7-19(17)21(22)23/h1-12,21,24H,13-14H2. The highest BCUT2D eigenvalue weighted by Gasteiger charge is 2.39. The SMILES string of the molecule is Oc1ccc(N2CCN3c4ccccc4-c4ccccc4C23)cc1. The van der Waals surface area contributed by atoms with E-state index in [1.807, 2.05) is 12.1 Å². The summed E-state index contributed by atoms with van der Waals surface area (Å²) in [6.45, 7) is 1.97. The first-order valence-corrected chi connectivity index (χ1v) is 8.33. The lowest BCUT2D eigenvalue weighted by atomic mass is 9.91. The molecule has 2 heterocycles. The van der Waals surface area contributed by atoms with Crippen molar-refractivity contribution in [1.82, 2.24) is 0 Å². The van der Waals surface area contributed by atoms with E-state index >= 15 is 0 Å². The van der Waals surface area contributed by atoms with Crippen molar-refractivity contribution in [3.05, 3.63) is 78.4 Å². The molecule has 3 nitrogen and oxygen atoms in total. The highest BCUT2D eigenvalue weighted by molar-refractivity contribution is 5.86. The summed E-state index contributed by atoms with van der Waals surface area (Å²) in [5.41, 5.74) is 6.44. The molecule has 1 fully saturated rings. The molecule has 118 valence electrons. The first-order chi connectivity index (χ1) is 11.8. The van der Waals surface area contributed by atoms with Crippen LogP contribution in [0.1, 0.15) is 11.7 Å². The molecule has 3 aromatic rings. The molecule has 3 aromatic carbocycles. The van der Waals surface area contributed by atoms with Gasteiger partial charge in [0.1, 0.15) is 11.9 Å². The molecule has 3 heteroatoms. The minimum Gasteiger partial charge on any atom is -0.508 e. The largest absolute Gasteiger partial charge is 0.508 e. The van der Waals surface area contributed by atoms with Crippen molar-refractivity contribution in [1.29, 1.82) is 0 Å². The Morgan fingerprint density at radius 2 is 1.38 bits per heavy atom. The average molecular weight is 314 g/mol. The van der Waals surface area contributed by atoms with E-state index in [0.717, 1.165) is 18.8 Å². The van der Waals surface area contributed by atoms with Gasteiger partial charge in [0, 0.05) is 35.6 Å². The minimum absolute atomic E-state index is 0.209. The summed E-state index contributed by atoms with van der Waals surface area (Å²) < 4.78 is 0. The number of para-hydroxylation sites is 1. The Hall–Kier alpha value is -2.94. The number of aromatic hydroxyl groups is 1. The summed E-state index contributed by atoms with van der Waals surface area (Å²) in [5.74, 6) is 0.309. The Morgan fingerprint density at radius 3 is 2.21 bits per heavy atom. The molecule has 0 saturated carbocycles. The summed E-state index contributed by atoms with van der Waals surface area (Å²) in [6, 6.07) is 24.9. The number of benzene rings is 3. The van der Waals surface area contributed by atoms with Crippen LogP contribution in [0.4, 0.5) is 11.4 Å². The van der Waals surface area contributed by atoms with Crippen LogP contribution in [0.15, 0.2) is 72.8 Å². The van der Waals surface area contributed by atoms with E-state index in [0.29, 0.717) is 5.75 Å². The Kier molecular flexibility index (Phi) is 2.83. The molecule has 0 aromatic heterocycles. The maximum atomic E-state index is 9.59. The van der Waals surface area contributed by atoms with Gasteiger partial charge in [0.2, 0.25) is 0 Å². The first-order valence-electron chi connectivity index (χ1n) is 8.33. The smallest absolute Gasteiger partial charge is 0.129 e. The second kappa shape index (κ2) is 5.03. The second-order valence-electron chi connectivity index (χ2n) is 6.38. The van der Waals surface area contributed by atoms with E-state index in [-0.39, 0.29) is 6.17 Å². The lowest BCUT2D eigenvalue weighted by Crippen LogP contribution is -2.33. The van der Waals surface area contributed by atoms with E-state index in [9.17, 15) is 5.11 Å². The quantitative estimate of drug-likeness (QED) is 0.721. The number of hydrogen-bond acceptors (Lipinski definition) is 3. The third kappa shape index (κ3) is 1.84. The molecule has 2 aliphatic rings. The van der Waals surface area contributed by atoms with Crippen molar-refractivity contribution in [3.8, 4) is 16.9 Å². The van der Waals surface area contributed by atoms with Gasteiger partial charge in [-0.2, -0.15) is 0 Å². The summed E-state index contributed by atoms with van der Waals surface area (Å²) >= 11 is 0. The zero-order valence-corrected chi connectivity index (χ0v) is 13.3. The third-order valence-corrected chi connectivity index (χ3v) is 5.10. The van der Waals surface area contributed by atoms with Crippen molar-refractivity contribution in [3.63, 3.8) is 0 Å². The zero-order valence-electron chi connectivity index (χ0n) is 13.3. The van der Waals surface area contributed by atoms with E-state index in [2.05, 4.69) is 58.3 Å². The van der Waals surface area contributed by atoms with Gasteiger partial charge in [-0.3, -0.25) is 0 Å². The van der Waals surface area contributed by atoms with Crippen molar-refractivity contribution in [2.45, 2.75) is 6.17 Å². The molecule has 1 unspecified atom stereocenters. The Labute approximate surface area is 141 Å². The highest BCUT2D eigenvalue weighted by Crippen LogP contribution is 2.48. The summed E-state index contributed by atoms with van der Waals surface area (Å²) in [7, 11) is 0. The molecular formula is C21H18N2O. The molecular weight excluding hydrogens is 296 g/mol. The number of phenols is 1. The van der Waals surface area contributed by atoms with Crippen LogP contribution in [0.3, 0.4) is 0 Å². The van der Waals surface area contributed by atoms with Gasteiger partial charge in [0.05, 0.1) is 0 Å². The van der Waals surface area contributed by atoms with Crippen LogP contribution in [0.5, 0.6) is 5.75 Å². The Morgan fingerprint density at radius 1 is 0.708 bits per heavy atom. The fourth-order valence-electron chi connectivity index (χ4n) is 4.05. The van der Waals surface area contributed by atoms with Crippen molar-refractivity contribution < 1.29 is 5.11 Å². The first kappa shape index (κ1) is 13.5. The molecule has 1 atom stereocenters. The second-order valence-corrected chi connectivity index (χ2v) is 6.38. The number of fused-ring (bicyclic) bond motifs is 6. The van der Waals surface area contributed by atoms with Gasteiger partial charge >= 0.3 is 0 Å². The molecule has 5 rings (SSSR count). The molecule has 0 bridgehead atoms. The van der Waals surface area contributed by atoms with Crippen LogP contribution < -0.4 is 9.80 Å². The van der Waals surface area contributed by atoms with Crippen LogP contribution in [0.25, 0.3) is 11.1 Å². The molecule has 2 aliphatic heterocycles. The van der Waals surface area contributed by atoms with E-state index in [1.54, 1.807) is 12.1 Å². The van der Waals surface area contributed by atoms with Crippen molar-refractivity contribution in [2.24, 2.45) is 0 Å². The molecule has 24 heavy (non-hydrogen) atoms. The molecule has 0 spiro atoms. The summed E-state index contributed by atoms with van der Waals surface area (Å²) in [5, 5.41) is 9.59. The molecule has 0 aliphatic carbocycles. The van der Waals surface area contributed by atoms with Crippen LogP contribution >= 0.6 is 0 Å². The maximum absolute atomic E-state index is 9.59. The predicted octanol–water partition coefficient (Wildman–Crippen LogP) is 4.40. The Bertz CT molecular complexity index is 904. The normalized spacial score (nSPS) is 18.1. The number of hydrogen-bond donors (Lipinski definition) is 1. The van der Waals surface area contributed by atoms with Crippen LogP contribution in [0.2, 0.25) is 0 Å². The van der Waals surface area contributed by atoms with Gasteiger partial charge in [-0.25, -0.2) is 0 Å². The third-order valence-electron chi connectivity index (χ3n) is 5.10. The number of rotatable bonds is 1. The van der Waals surface area contributed by atoms with E-state index in [4.69, 9.17) is 0 Å². The van der Waals surface area contributed by atoms with E-state index in [1.165, 1.54) is 22.4 Å². The number of phenolic OH excluding ortho intramolecular Hbond substituents is 1. The zero-order chi connectivity index (χ0) is 16.1. The minimum atomic E-state index is 0.209. The van der Waals surface area contributed by atoms with Crippen LogP contribution in [-0.4, -0.2) is 18.2 Å². The van der Waals surface area contributed by atoms with Crippen LogP contribution in [0, 0.1) is 0 Å². The fourth-order valence-corrected chi connectivity index (χ4v) is 4.05. The van der Waals surface area contributed by atoms with Crippen molar-refractivity contribution >= 4 is 11.4 Å².